The van der Waals surface area contributed by atoms with Crippen LogP contribution in [0.5, 0.6) is 0 Å². The fourth-order valence-electron chi connectivity index (χ4n) is 2.19. The summed E-state index contributed by atoms with van der Waals surface area (Å²) in [6.07, 6.45) is 4.54. The Morgan fingerprint density at radius 2 is 2.17 bits per heavy atom. The first-order valence-corrected chi connectivity index (χ1v) is 7.01. The van der Waals surface area contributed by atoms with Crippen LogP contribution in [0.4, 0.5) is 9.93 Å². The average molecular weight is 270 g/mol. The van der Waals surface area contributed by atoms with Crippen LogP contribution in [0.2, 0.25) is 0 Å². The van der Waals surface area contributed by atoms with Crippen LogP contribution in [0.25, 0.3) is 0 Å². The Hall–Kier alpha value is -1.21. The highest BCUT2D eigenvalue weighted by Gasteiger charge is 2.34. The number of nitrogens with zero attached hydrogens (tertiary/aromatic N) is 2. The first-order valence-electron chi connectivity index (χ1n) is 6.20. The lowest BCUT2D eigenvalue weighted by Gasteiger charge is -2.27. The predicted molar refractivity (Wildman–Crippen MR) is 69.7 cm³/mol. The first kappa shape index (κ1) is 13.2. The van der Waals surface area contributed by atoms with Crippen LogP contribution in [0.1, 0.15) is 37.6 Å². The minimum atomic E-state index is -0.456. The smallest absolute Gasteiger partial charge is 0.321 e. The lowest BCUT2D eigenvalue weighted by Crippen LogP contribution is -2.50. The zero-order chi connectivity index (χ0) is 13.0. The van der Waals surface area contributed by atoms with Crippen LogP contribution in [-0.2, 0) is 6.42 Å². The quantitative estimate of drug-likeness (QED) is 0.774. The van der Waals surface area contributed by atoms with E-state index < -0.39 is 5.54 Å². The van der Waals surface area contributed by atoms with Gasteiger partial charge in [-0.2, -0.15) is 0 Å². The number of rotatable bonds is 4. The largest absolute Gasteiger partial charge is 0.394 e. The van der Waals surface area contributed by atoms with Crippen molar-refractivity contribution in [1.29, 1.82) is 0 Å². The maximum atomic E-state index is 11.8. The van der Waals surface area contributed by atoms with Gasteiger partial charge in [0.2, 0.25) is 5.13 Å². The van der Waals surface area contributed by atoms with E-state index in [0.29, 0.717) is 5.13 Å². The Morgan fingerprint density at radius 3 is 2.72 bits per heavy atom. The number of hydrogen-bond acceptors (Lipinski definition) is 5. The molecule has 0 spiro atoms. The molecule has 3 N–H and O–H groups in total. The lowest BCUT2D eigenvalue weighted by atomic mass is 9.99. The molecule has 1 aliphatic rings. The molecule has 1 heterocycles. The molecular weight excluding hydrogens is 252 g/mol. The van der Waals surface area contributed by atoms with Crippen molar-refractivity contribution < 1.29 is 9.90 Å². The number of anilines is 1. The minimum Gasteiger partial charge on any atom is -0.394 e. The number of aliphatic hydroxyl groups is 1. The number of amides is 2. The molecule has 0 saturated heterocycles. The second-order valence-corrected chi connectivity index (χ2v) is 5.64. The first-order chi connectivity index (χ1) is 8.67. The van der Waals surface area contributed by atoms with E-state index in [1.54, 1.807) is 0 Å². The van der Waals surface area contributed by atoms with Crippen molar-refractivity contribution in [2.75, 3.05) is 11.9 Å². The molecule has 0 aliphatic heterocycles. The van der Waals surface area contributed by atoms with Gasteiger partial charge in [0.25, 0.3) is 0 Å². The van der Waals surface area contributed by atoms with Gasteiger partial charge in [-0.25, -0.2) is 4.79 Å². The third-order valence-corrected chi connectivity index (χ3v) is 4.21. The summed E-state index contributed by atoms with van der Waals surface area (Å²) in [5.41, 5.74) is -0.456. The number of urea groups is 1. The highest BCUT2D eigenvalue weighted by Crippen LogP contribution is 2.29. The maximum absolute atomic E-state index is 11.8. The van der Waals surface area contributed by atoms with Crippen molar-refractivity contribution in [2.24, 2.45) is 0 Å². The van der Waals surface area contributed by atoms with Crippen LogP contribution in [-0.4, -0.2) is 33.5 Å². The van der Waals surface area contributed by atoms with Gasteiger partial charge in [-0.05, 0) is 19.3 Å². The van der Waals surface area contributed by atoms with E-state index >= 15 is 0 Å². The molecule has 0 atom stereocenters. The molecule has 1 aromatic rings. The molecule has 0 aromatic carbocycles. The summed E-state index contributed by atoms with van der Waals surface area (Å²) in [6, 6.07) is -0.315. The lowest BCUT2D eigenvalue weighted by molar-refractivity contribution is 0.167. The molecule has 0 bridgehead atoms. The molecule has 0 unspecified atom stereocenters. The van der Waals surface area contributed by atoms with Crippen LogP contribution >= 0.6 is 11.3 Å². The molecule has 1 aliphatic carbocycles. The maximum Gasteiger partial charge on any atom is 0.321 e. The average Bonchev–Trinajstić information content (AvgIpc) is 2.99. The van der Waals surface area contributed by atoms with Crippen LogP contribution < -0.4 is 10.6 Å². The van der Waals surface area contributed by atoms with Crippen molar-refractivity contribution in [3.05, 3.63) is 5.01 Å². The van der Waals surface area contributed by atoms with Crippen molar-refractivity contribution in [3.63, 3.8) is 0 Å². The summed E-state index contributed by atoms with van der Waals surface area (Å²) < 4.78 is 0. The van der Waals surface area contributed by atoms with Gasteiger partial charge >= 0.3 is 6.03 Å². The molecule has 2 amide bonds. The predicted octanol–water partition coefficient (Wildman–Crippen LogP) is 1.53. The zero-order valence-electron chi connectivity index (χ0n) is 10.4. The van der Waals surface area contributed by atoms with Gasteiger partial charge in [-0.3, -0.25) is 5.32 Å². The van der Waals surface area contributed by atoms with E-state index in [9.17, 15) is 9.90 Å². The van der Waals surface area contributed by atoms with Crippen molar-refractivity contribution >= 4 is 22.5 Å². The molecule has 0 radical (unpaired) electrons. The Balaban J connectivity index is 1.91. The van der Waals surface area contributed by atoms with E-state index in [0.717, 1.165) is 37.1 Å². The van der Waals surface area contributed by atoms with E-state index in [1.807, 2.05) is 6.92 Å². The van der Waals surface area contributed by atoms with E-state index in [1.165, 1.54) is 11.3 Å². The summed E-state index contributed by atoms with van der Waals surface area (Å²) in [5, 5.41) is 24.1. The number of aromatic nitrogens is 2. The molecule has 7 heteroatoms. The SMILES string of the molecule is CCc1nnc(NC(=O)NC2(CO)CCCC2)s1. The third kappa shape index (κ3) is 2.97. The molecule has 6 nitrogen and oxygen atoms in total. The number of hydrogen-bond donors (Lipinski definition) is 3. The molecule has 1 saturated carbocycles. The van der Waals surface area contributed by atoms with Gasteiger partial charge in [0.1, 0.15) is 5.01 Å². The van der Waals surface area contributed by atoms with E-state index in [-0.39, 0.29) is 12.6 Å². The Morgan fingerprint density at radius 1 is 1.44 bits per heavy atom. The molecule has 2 rings (SSSR count). The molecule has 1 fully saturated rings. The van der Waals surface area contributed by atoms with Crippen molar-refractivity contribution in [2.45, 2.75) is 44.6 Å². The van der Waals surface area contributed by atoms with Crippen molar-refractivity contribution in [3.8, 4) is 0 Å². The van der Waals surface area contributed by atoms with Gasteiger partial charge < -0.3 is 10.4 Å². The van der Waals surface area contributed by atoms with Crippen LogP contribution in [0, 0.1) is 0 Å². The van der Waals surface area contributed by atoms with E-state index in [2.05, 4.69) is 20.8 Å². The molecule has 1 aromatic heterocycles. The van der Waals surface area contributed by atoms with Gasteiger partial charge in [0, 0.05) is 0 Å². The normalized spacial score (nSPS) is 17.7. The standard InChI is InChI=1S/C11H18N4O2S/c1-2-8-14-15-10(18-8)12-9(17)13-11(7-16)5-3-4-6-11/h16H,2-7H2,1H3,(H2,12,13,15,17). The fraction of sp³-hybridized carbons (Fsp3) is 0.727. The fourth-order valence-corrected chi connectivity index (χ4v) is 2.87. The second-order valence-electron chi connectivity index (χ2n) is 4.58. The highest BCUT2D eigenvalue weighted by molar-refractivity contribution is 7.15. The number of aliphatic hydroxyl groups excluding tert-OH is 1. The Bertz CT molecular complexity index is 415. The van der Waals surface area contributed by atoms with Gasteiger partial charge in [-0.1, -0.05) is 31.1 Å². The third-order valence-electron chi connectivity index (χ3n) is 3.23. The minimum absolute atomic E-state index is 0.0171. The number of nitrogens with one attached hydrogen (secondary N) is 2. The topological polar surface area (TPSA) is 87.1 Å². The number of aryl methyl sites for hydroxylation is 1. The second kappa shape index (κ2) is 5.62. The monoisotopic (exact) mass is 270 g/mol. The van der Waals surface area contributed by atoms with Gasteiger partial charge in [-0.15, -0.1) is 10.2 Å². The number of carbonyl (C=O) groups is 1. The zero-order valence-corrected chi connectivity index (χ0v) is 11.2. The Kier molecular flexibility index (Phi) is 4.13. The molecular formula is C11H18N4O2S. The number of carbonyl (C=O) groups excluding carboxylic acids is 1. The summed E-state index contributed by atoms with van der Waals surface area (Å²) in [4.78, 5) is 11.8. The van der Waals surface area contributed by atoms with Crippen molar-refractivity contribution in [1.82, 2.24) is 15.5 Å². The van der Waals surface area contributed by atoms with Gasteiger partial charge in [0.15, 0.2) is 0 Å². The van der Waals surface area contributed by atoms with Crippen LogP contribution in [0.15, 0.2) is 0 Å². The summed E-state index contributed by atoms with van der Waals surface area (Å²) >= 11 is 1.37. The molecule has 18 heavy (non-hydrogen) atoms. The van der Waals surface area contributed by atoms with Crippen LogP contribution in [0.3, 0.4) is 0 Å². The van der Waals surface area contributed by atoms with E-state index in [4.69, 9.17) is 0 Å². The summed E-state index contributed by atoms with van der Waals surface area (Å²) in [7, 11) is 0. The van der Waals surface area contributed by atoms with Gasteiger partial charge in [0.05, 0.1) is 12.1 Å². The summed E-state index contributed by atoms with van der Waals surface area (Å²) in [6.45, 7) is 1.97. The Labute approximate surface area is 110 Å². The molecule has 100 valence electrons. The highest BCUT2D eigenvalue weighted by atomic mass is 32.1. The summed E-state index contributed by atoms with van der Waals surface area (Å²) in [5.74, 6) is 0.